The molecule has 0 amide bonds. The summed E-state index contributed by atoms with van der Waals surface area (Å²) in [5.74, 6) is 0. The molecule has 0 aromatic heterocycles. The van der Waals surface area contributed by atoms with Crippen molar-refractivity contribution in [3.63, 3.8) is 0 Å². The molecule has 0 fully saturated rings. The average Bonchev–Trinajstić information content (AvgIpc) is 2.36. The van der Waals surface area contributed by atoms with Crippen molar-refractivity contribution in [1.29, 1.82) is 0 Å². The molecule has 0 rings (SSSR count). The summed E-state index contributed by atoms with van der Waals surface area (Å²) in [7, 11) is 3.75. The molecule has 3 heteroatoms. The van der Waals surface area contributed by atoms with Gasteiger partial charge < -0.3 is 14.8 Å². The third kappa shape index (κ3) is 12.1. The second kappa shape index (κ2) is 13.9. The first-order chi connectivity index (χ1) is 8.35. The van der Waals surface area contributed by atoms with Crippen molar-refractivity contribution in [3.05, 3.63) is 0 Å². The Bertz CT molecular complexity index is 128. The quantitative estimate of drug-likeness (QED) is 0.506. The minimum absolute atomic E-state index is 0.610. The molecule has 3 nitrogen and oxygen atoms in total. The molecule has 17 heavy (non-hydrogen) atoms. The van der Waals surface area contributed by atoms with Gasteiger partial charge in [-0.3, -0.25) is 0 Å². The predicted molar refractivity (Wildman–Crippen MR) is 73.5 cm³/mol. The lowest BCUT2D eigenvalue weighted by Gasteiger charge is -2.16. The molecule has 0 aromatic carbocycles. The smallest absolute Gasteiger partial charge is 0.0700 e. The van der Waals surface area contributed by atoms with Crippen LogP contribution < -0.4 is 5.32 Å². The minimum Gasteiger partial charge on any atom is -0.382 e. The zero-order chi connectivity index (χ0) is 12.8. The molecular weight excluding hydrogens is 214 g/mol. The van der Waals surface area contributed by atoms with Gasteiger partial charge in [0.25, 0.3) is 0 Å². The van der Waals surface area contributed by atoms with Crippen LogP contribution in [0.3, 0.4) is 0 Å². The lowest BCUT2D eigenvalue weighted by atomic mass is 10.0. The molecule has 0 aliphatic carbocycles. The number of nitrogens with one attached hydrogen (secondary N) is 1. The van der Waals surface area contributed by atoms with E-state index >= 15 is 0 Å². The van der Waals surface area contributed by atoms with Gasteiger partial charge in [-0.25, -0.2) is 0 Å². The van der Waals surface area contributed by atoms with E-state index in [4.69, 9.17) is 9.47 Å². The topological polar surface area (TPSA) is 30.5 Å². The molecule has 0 spiro atoms. The third-order valence-corrected chi connectivity index (χ3v) is 3.11. The normalized spacial score (nSPS) is 12.9. The van der Waals surface area contributed by atoms with E-state index in [1.54, 1.807) is 7.11 Å². The number of hydrogen-bond donors (Lipinski definition) is 1. The van der Waals surface area contributed by atoms with Gasteiger partial charge in [-0.15, -0.1) is 0 Å². The van der Waals surface area contributed by atoms with E-state index in [1.807, 2.05) is 7.05 Å². The van der Waals surface area contributed by atoms with Crippen LogP contribution in [0.4, 0.5) is 0 Å². The van der Waals surface area contributed by atoms with Crippen molar-refractivity contribution in [3.8, 4) is 0 Å². The van der Waals surface area contributed by atoms with Crippen LogP contribution >= 0.6 is 0 Å². The highest BCUT2D eigenvalue weighted by atomic mass is 16.5. The first-order valence-electron chi connectivity index (χ1n) is 7.09. The minimum atomic E-state index is 0.610. The summed E-state index contributed by atoms with van der Waals surface area (Å²) in [6.07, 6.45) is 9.17. The SMILES string of the molecule is CCCCCCCC(CCOCCOC)NC. The summed E-state index contributed by atoms with van der Waals surface area (Å²) < 4.78 is 10.4. The molecule has 0 aliphatic heterocycles. The Kier molecular flexibility index (Phi) is 13.8. The summed E-state index contributed by atoms with van der Waals surface area (Å²) >= 11 is 0. The summed E-state index contributed by atoms with van der Waals surface area (Å²) in [4.78, 5) is 0. The third-order valence-electron chi connectivity index (χ3n) is 3.11. The van der Waals surface area contributed by atoms with Gasteiger partial charge in [-0.1, -0.05) is 39.0 Å². The number of methoxy groups -OCH3 is 1. The second-order valence-corrected chi connectivity index (χ2v) is 4.58. The van der Waals surface area contributed by atoms with Gasteiger partial charge >= 0.3 is 0 Å². The van der Waals surface area contributed by atoms with Crippen LogP contribution in [0.1, 0.15) is 51.9 Å². The van der Waals surface area contributed by atoms with Crippen molar-refractivity contribution < 1.29 is 9.47 Å². The maximum absolute atomic E-state index is 5.49. The molecule has 1 N–H and O–H groups in total. The Morgan fingerprint density at radius 3 is 2.35 bits per heavy atom. The number of ether oxygens (including phenoxy) is 2. The van der Waals surface area contributed by atoms with E-state index in [2.05, 4.69) is 12.2 Å². The van der Waals surface area contributed by atoms with Crippen LogP contribution in [-0.4, -0.2) is 40.0 Å². The molecule has 0 aromatic rings. The van der Waals surface area contributed by atoms with Gasteiger partial charge in [0.15, 0.2) is 0 Å². The molecule has 0 saturated carbocycles. The maximum atomic E-state index is 5.49. The molecule has 0 aliphatic rings. The highest BCUT2D eigenvalue weighted by Crippen LogP contribution is 2.09. The Balaban J connectivity index is 3.30. The van der Waals surface area contributed by atoms with E-state index in [-0.39, 0.29) is 0 Å². The Hall–Kier alpha value is -0.120. The maximum Gasteiger partial charge on any atom is 0.0700 e. The van der Waals surface area contributed by atoms with Crippen LogP contribution in [0.15, 0.2) is 0 Å². The highest BCUT2D eigenvalue weighted by Gasteiger charge is 2.05. The van der Waals surface area contributed by atoms with E-state index in [1.165, 1.54) is 38.5 Å². The van der Waals surface area contributed by atoms with E-state index < -0.39 is 0 Å². The van der Waals surface area contributed by atoms with E-state index in [0.29, 0.717) is 19.3 Å². The fourth-order valence-corrected chi connectivity index (χ4v) is 1.90. The van der Waals surface area contributed by atoms with Crippen molar-refractivity contribution >= 4 is 0 Å². The first kappa shape index (κ1) is 16.9. The van der Waals surface area contributed by atoms with Crippen LogP contribution in [0, 0.1) is 0 Å². The Morgan fingerprint density at radius 2 is 1.71 bits per heavy atom. The second-order valence-electron chi connectivity index (χ2n) is 4.58. The predicted octanol–water partition coefficient (Wildman–Crippen LogP) is 2.99. The van der Waals surface area contributed by atoms with Crippen LogP contribution in [0.5, 0.6) is 0 Å². The monoisotopic (exact) mass is 245 g/mol. The molecule has 0 bridgehead atoms. The molecule has 0 radical (unpaired) electrons. The Morgan fingerprint density at radius 1 is 0.941 bits per heavy atom. The summed E-state index contributed by atoms with van der Waals surface area (Å²) in [5, 5.41) is 3.37. The standard InChI is InChI=1S/C14H31NO2/c1-4-5-6-7-8-9-14(15-2)10-11-17-13-12-16-3/h14-15H,4-13H2,1-3H3. The molecule has 0 heterocycles. The number of unbranched alkanes of at least 4 members (excludes halogenated alkanes) is 4. The van der Waals surface area contributed by atoms with Gasteiger partial charge in [-0.2, -0.15) is 0 Å². The molecular formula is C14H31NO2. The van der Waals surface area contributed by atoms with Gasteiger partial charge in [0.1, 0.15) is 0 Å². The summed E-state index contributed by atoms with van der Waals surface area (Å²) in [6, 6.07) is 0.610. The van der Waals surface area contributed by atoms with Gasteiger partial charge in [0.05, 0.1) is 13.2 Å². The van der Waals surface area contributed by atoms with Crippen LogP contribution in [0.25, 0.3) is 0 Å². The fraction of sp³-hybridized carbons (Fsp3) is 1.00. The van der Waals surface area contributed by atoms with Crippen molar-refractivity contribution in [2.24, 2.45) is 0 Å². The molecule has 1 unspecified atom stereocenters. The highest BCUT2D eigenvalue weighted by molar-refractivity contribution is 4.64. The van der Waals surface area contributed by atoms with Crippen molar-refractivity contribution in [2.75, 3.05) is 34.0 Å². The number of hydrogen-bond acceptors (Lipinski definition) is 3. The summed E-state index contributed by atoms with van der Waals surface area (Å²) in [5.41, 5.74) is 0. The van der Waals surface area contributed by atoms with Crippen LogP contribution in [0.2, 0.25) is 0 Å². The molecule has 1 atom stereocenters. The molecule has 0 saturated heterocycles. The fourth-order valence-electron chi connectivity index (χ4n) is 1.90. The van der Waals surface area contributed by atoms with Crippen LogP contribution in [-0.2, 0) is 9.47 Å². The van der Waals surface area contributed by atoms with E-state index in [0.717, 1.165) is 13.0 Å². The van der Waals surface area contributed by atoms with E-state index in [9.17, 15) is 0 Å². The van der Waals surface area contributed by atoms with Crippen molar-refractivity contribution in [1.82, 2.24) is 5.32 Å². The lowest BCUT2D eigenvalue weighted by Crippen LogP contribution is -2.26. The average molecular weight is 245 g/mol. The van der Waals surface area contributed by atoms with Gasteiger partial charge in [0.2, 0.25) is 0 Å². The van der Waals surface area contributed by atoms with Gasteiger partial charge in [-0.05, 0) is 19.9 Å². The first-order valence-corrected chi connectivity index (χ1v) is 7.09. The number of rotatable bonds is 13. The van der Waals surface area contributed by atoms with Crippen molar-refractivity contribution in [2.45, 2.75) is 57.9 Å². The Labute approximate surface area is 107 Å². The zero-order valence-electron chi connectivity index (χ0n) is 12.0. The largest absolute Gasteiger partial charge is 0.382 e. The lowest BCUT2D eigenvalue weighted by molar-refractivity contribution is 0.0656. The summed E-state index contributed by atoms with van der Waals surface area (Å²) in [6.45, 7) is 4.50. The van der Waals surface area contributed by atoms with Gasteiger partial charge in [0, 0.05) is 19.8 Å². The zero-order valence-corrected chi connectivity index (χ0v) is 12.0. The molecule has 104 valence electrons.